The fraction of sp³-hybridized carbons (Fsp3) is 0.154. The first-order valence-corrected chi connectivity index (χ1v) is 6.81. The molecule has 1 aromatic heterocycles. The summed E-state index contributed by atoms with van der Waals surface area (Å²) in [6.45, 7) is 0. The Balaban J connectivity index is 2.83. The molecule has 2 aromatic rings. The topological polar surface area (TPSA) is 28.7 Å². The van der Waals surface area contributed by atoms with Crippen LogP contribution < -0.4 is 0 Å². The van der Waals surface area contributed by atoms with Crippen molar-refractivity contribution in [3.63, 3.8) is 0 Å². The van der Waals surface area contributed by atoms with Gasteiger partial charge in [0.15, 0.2) is 0 Å². The number of alkyl halides is 4. The van der Waals surface area contributed by atoms with E-state index in [0.717, 1.165) is 4.57 Å². The van der Waals surface area contributed by atoms with Crippen LogP contribution >= 0.6 is 34.8 Å². The van der Waals surface area contributed by atoms with Gasteiger partial charge in [-0.2, -0.15) is 18.4 Å². The lowest BCUT2D eigenvalue weighted by Crippen LogP contribution is -2.13. The molecule has 0 radical (unpaired) electrons. The van der Waals surface area contributed by atoms with Crippen LogP contribution in [-0.4, -0.2) is 4.57 Å². The molecule has 1 heterocycles. The van der Waals surface area contributed by atoms with Crippen molar-refractivity contribution in [3.05, 3.63) is 45.6 Å². The molecule has 0 fully saturated rings. The number of halogens is 6. The summed E-state index contributed by atoms with van der Waals surface area (Å²) in [6.07, 6.45) is -4.72. The van der Waals surface area contributed by atoms with E-state index in [1.807, 2.05) is 0 Å². The monoisotopic (exact) mass is 352 g/mol. The van der Waals surface area contributed by atoms with Crippen molar-refractivity contribution < 1.29 is 13.2 Å². The van der Waals surface area contributed by atoms with Gasteiger partial charge in [0.1, 0.15) is 11.8 Å². The lowest BCUT2D eigenvalue weighted by Gasteiger charge is -2.12. The molecule has 2 rings (SSSR count). The summed E-state index contributed by atoms with van der Waals surface area (Å²) in [5.41, 5.74) is -1.02. The van der Waals surface area contributed by atoms with Gasteiger partial charge in [0.05, 0.1) is 22.3 Å². The van der Waals surface area contributed by atoms with E-state index >= 15 is 0 Å². The van der Waals surface area contributed by atoms with E-state index in [0.29, 0.717) is 10.6 Å². The normalized spacial score (nSPS) is 11.5. The fourth-order valence-electron chi connectivity index (χ4n) is 1.99. The molecule has 0 atom stereocenters. The van der Waals surface area contributed by atoms with Crippen molar-refractivity contribution in [1.29, 1.82) is 5.26 Å². The Morgan fingerprint density at radius 2 is 1.71 bits per heavy atom. The highest BCUT2D eigenvalue weighted by molar-refractivity contribution is 6.33. The van der Waals surface area contributed by atoms with Gasteiger partial charge in [-0.1, -0.05) is 35.3 Å². The van der Waals surface area contributed by atoms with Crippen molar-refractivity contribution in [2.24, 2.45) is 0 Å². The summed E-state index contributed by atoms with van der Waals surface area (Å²) >= 11 is 17.1. The molecule has 0 saturated carbocycles. The zero-order valence-corrected chi connectivity index (χ0v) is 12.4. The molecule has 1 aromatic carbocycles. The number of rotatable bonds is 2. The number of benzene rings is 1. The van der Waals surface area contributed by atoms with Crippen LogP contribution in [0.15, 0.2) is 24.3 Å². The molecule has 0 saturated heterocycles. The Labute approximate surface area is 133 Å². The van der Waals surface area contributed by atoms with Crippen molar-refractivity contribution in [1.82, 2.24) is 4.57 Å². The number of nitriles is 1. The number of aromatic nitrogens is 1. The van der Waals surface area contributed by atoms with E-state index in [1.165, 1.54) is 24.3 Å². The summed E-state index contributed by atoms with van der Waals surface area (Å²) in [6, 6.07) is 7.21. The quantitative estimate of drug-likeness (QED) is 0.651. The second-order valence-corrected chi connectivity index (χ2v) is 5.10. The van der Waals surface area contributed by atoms with E-state index in [1.54, 1.807) is 6.07 Å². The van der Waals surface area contributed by atoms with E-state index in [4.69, 9.17) is 40.1 Å². The Bertz CT molecular complexity index is 712. The minimum atomic E-state index is -4.72. The third-order valence-electron chi connectivity index (χ3n) is 2.82. The van der Waals surface area contributed by atoms with Gasteiger partial charge in [-0.15, -0.1) is 11.6 Å². The molecule has 2 nitrogen and oxygen atoms in total. The van der Waals surface area contributed by atoms with Crippen LogP contribution in [0.25, 0.3) is 11.3 Å². The van der Waals surface area contributed by atoms with Gasteiger partial charge in [-0.25, -0.2) is 0 Å². The predicted octanol–water partition coefficient (Wildman–Crippen LogP) is 5.55. The Morgan fingerprint density at radius 1 is 1.14 bits per heavy atom. The Morgan fingerprint density at radius 3 is 2.14 bits per heavy atom. The van der Waals surface area contributed by atoms with Crippen molar-refractivity contribution in [2.45, 2.75) is 12.2 Å². The molecule has 0 bridgehead atoms. The smallest absolute Gasteiger partial charge is 0.320 e. The van der Waals surface area contributed by atoms with E-state index in [2.05, 4.69) is 0 Å². The number of nitrogens with zero attached hydrogens (tertiary/aromatic N) is 2. The zero-order chi connectivity index (χ0) is 15.8. The number of hydrogen-bond acceptors (Lipinski definition) is 1. The van der Waals surface area contributed by atoms with Gasteiger partial charge < -0.3 is 4.57 Å². The van der Waals surface area contributed by atoms with Gasteiger partial charge in [0.2, 0.25) is 0 Å². The highest BCUT2D eigenvalue weighted by Crippen LogP contribution is 2.43. The molecule has 0 spiro atoms. The average Bonchev–Trinajstić information content (AvgIpc) is 2.71. The summed E-state index contributed by atoms with van der Waals surface area (Å²) in [7, 11) is 0. The maximum atomic E-state index is 13.1. The van der Waals surface area contributed by atoms with Gasteiger partial charge in [0, 0.05) is 5.02 Å². The van der Waals surface area contributed by atoms with Crippen molar-refractivity contribution >= 4 is 34.8 Å². The fourth-order valence-corrected chi connectivity index (χ4v) is 2.70. The van der Waals surface area contributed by atoms with Crippen LogP contribution in [0.4, 0.5) is 13.2 Å². The maximum absolute atomic E-state index is 13.1. The summed E-state index contributed by atoms with van der Waals surface area (Å²) in [4.78, 5) is 0. The van der Waals surface area contributed by atoms with Crippen LogP contribution in [0.5, 0.6) is 0 Å². The van der Waals surface area contributed by atoms with E-state index in [9.17, 15) is 13.2 Å². The summed E-state index contributed by atoms with van der Waals surface area (Å²) in [5.74, 6) is 0. The molecular weight excluding hydrogens is 348 g/mol. The van der Waals surface area contributed by atoms with E-state index in [-0.39, 0.29) is 11.3 Å². The maximum Gasteiger partial charge on any atom is 0.433 e. The molecule has 0 N–H and O–H groups in total. The van der Waals surface area contributed by atoms with Crippen LogP contribution in [0.3, 0.4) is 0 Å². The standard InChI is InChI=1S/C13H6Cl3F3N2/c14-6-21-11(7-1-3-8(15)4-2-7)9(5-20)10(16)12(21)13(17,18)19/h1-4H,6H2. The molecule has 0 unspecified atom stereocenters. The van der Waals surface area contributed by atoms with Gasteiger partial charge in [0.25, 0.3) is 0 Å². The lowest BCUT2D eigenvalue weighted by molar-refractivity contribution is -0.143. The third kappa shape index (κ3) is 2.84. The highest BCUT2D eigenvalue weighted by Gasteiger charge is 2.40. The largest absolute Gasteiger partial charge is 0.433 e. The molecule has 0 aliphatic heterocycles. The van der Waals surface area contributed by atoms with Crippen LogP contribution in [0.1, 0.15) is 11.3 Å². The summed E-state index contributed by atoms with van der Waals surface area (Å²) < 4.78 is 40.1. The predicted molar refractivity (Wildman–Crippen MR) is 75.5 cm³/mol. The van der Waals surface area contributed by atoms with Crippen molar-refractivity contribution in [2.75, 3.05) is 0 Å². The molecule has 0 aliphatic carbocycles. The first-order chi connectivity index (χ1) is 9.81. The SMILES string of the molecule is N#Cc1c(Cl)c(C(F)(F)F)n(CCl)c1-c1ccc(Cl)cc1. The summed E-state index contributed by atoms with van der Waals surface area (Å²) in [5, 5.41) is 8.89. The van der Waals surface area contributed by atoms with Gasteiger partial charge in [-0.3, -0.25) is 0 Å². The van der Waals surface area contributed by atoms with E-state index < -0.39 is 22.9 Å². The van der Waals surface area contributed by atoms with Crippen LogP contribution in [-0.2, 0) is 12.2 Å². The first kappa shape index (κ1) is 16.0. The molecule has 0 aliphatic rings. The zero-order valence-electron chi connectivity index (χ0n) is 10.2. The molecule has 21 heavy (non-hydrogen) atoms. The minimum Gasteiger partial charge on any atom is -0.320 e. The highest BCUT2D eigenvalue weighted by atomic mass is 35.5. The minimum absolute atomic E-state index is 0.0153. The first-order valence-electron chi connectivity index (χ1n) is 5.52. The van der Waals surface area contributed by atoms with Crippen LogP contribution in [0.2, 0.25) is 10.0 Å². The lowest BCUT2D eigenvalue weighted by atomic mass is 10.1. The van der Waals surface area contributed by atoms with Gasteiger partial charge in [-0.05, 0) is 17.7 Å². The number of hydrogen-bond donors (Lipinski definition) is 0. The second-order valence-electron chi connectivity index (χ2n) is 4.05. The third-order valence-corrected chi connectivity index (χ3v) is 3.68. The van der Waals surface area contributed by atoms with Crippen molar-refractivity contribution in [3.8, 4) is 17.3 Å². The molecular formula is C13H6Cl3F3N2. The molecule has 110 valence electrons. The molecule has 0 amide bonds. The Kier molecular flexibility index (Phi) is 4.43. The second kappa shape index (κ2) is 5.80. The van der Waals surface area contributed by atoms with Crippen LogP contribution in [0, 0.1) is 11.3 Å². The average molecular weight is 354 g/mol. The van der Waals surface area contributed by atoms with Gasteiger partial charge >= 0.3 is 6.18 Å². The molecule has 8 heteroatoms. The Hall–Kier alpha value is -1.35.